The molecule has 0 aliphatic carbocycles. The van der Waals surface area contributed by atoms with Crippen LogP contribution in [0.5, 0.6) is 0 Å². The van der Waals surface area contributed by atoms with E-state index in [1.807, 2.05) is 0 Å². The topological polar surface area (TPSA) is 70.1 Å². The number of halogens is 1. The smallest absolute Gasteiger partial charge is 0.332 e. The van der Waals surface area contributed by atoms with Gasteiger partial charge in [-0.15, -0.1) is 0 Å². The van der Waals surface area contributed by atoms with Crippen LogP contribution in [0.15, 0.2) is 36.8 Å². The summed E-state index contributed by atoms with van der Waals surface area (Å²) in [5.74, 6) is -0.400. The Balaban J connectivity index is 2.16. The molecule has 0 bridgehead atoms. The lowest BCUT2D eigenvalue weighted by molar-refractivity contribution is -0.141. The SMILES string of the molecule is CC(C)OC(=O)C=Cn1cnc(-c2cc(Cl)ccc2N)c1. The standard InChI is InChI=1S/C15H16ClN3O2/c1-10(2)21-15(20)5-6-19-8-14(18-9-19)12-7-11(16)3-4-13(12)17/h3-10H,17H2,1-2H3. The molecule has 0 aliphatic rings. The van der Waals surface area contributed by atoms with E-state index in [1.54, 1.807) is 55.3 Å². The molecule has 0 saturated carbocycles. The predicted molar refractivity (Wildman–Crippen MR) is 83.6 cm³/mol. The molecule has 5 nitrogen and oxygen atoms in total. The second-order valence-corrected chi connectivity index (χ2v) is 5.18. The van der Waals surface area contributed by atoms with Crippen molar-refractivity contribution in [3.63, 3.8) is 0 Å². The summed E-state index contributed by atoms with van der Waals surface area (Å²) in [5.41, 5.74) is 7.93. The van der Waals surface area contributed by atoms with Crippen molar-refractivity contribution < 1.29 is 9.53 Å². The minimum Gasteiger partial charge on any atom is -0.460 e. The highest BCUT2D eigenvalue weighted by molar-refractivity contribution is 6.31. The van der Waals surface area contributed by atoms with E-state index in [0.717, 1.165) is 5.56 Å². The van der Waals surface area contributed by atoms with Gasteiger partial charge >= 0.3 is 5.97 Å². The molecule has 0 radical (unpaired) electrons. The van der Waals surface area contributed by atoms with Crippen LogP contribution in [-0.4, -0.2) is 21.6 Å². The number of nitrogens with zero attached hydrogens (tertiary/aromatic N) is 2. The number of aromatic nitrogens is 2. The summed E-state index contributed by atoms with van der Waals surface area (Å²) in [6.07, 6.45) is 6.09. The average molecular weight is 306 g/mol. The number of imidazole rings is 1. The predicted octanol–water partition coefficient (Wildman–Crippen LogP) is 3.21. The van der Waals surface area contributed by atoms with Crippen LogP contribution in [0, 0.1) is 0 Å². The van der Waals surface area contributed by atoms with Crippen molar-refractivity contribution in [1.29, 1.82) is 0 Å². The maximum absolute atomic E-state index is 11.4. The van der Waals surface area contributed by atoms with Gasteiger partial charge in [-0.25, -0.2) is 9.78 Å². The minimum absolute atomic E-state index is 0.147. The van der Waals surface area contributed by atoms with Gasteiger partial charge in [-0.3, -0.25) is 0 Å². The van der Waals surface area contributed by atoms with Crippen molar-refractivity contribution in [1.82, 2.24) is 9.55 Å². The zero-order valence-corrected chi connectivity index (χ0v) is 12.5. The van der Waals surface area contributed by atoms with Gasteiger partial charge in [-0.05, 0) is 32.0 Å². The Morgan fingerprint density at radius 3 is 2.95 bits per heavy atom. The Morgan fingerprint density at radius 1 is 1.48 bits per heavy atom. The molecule has 0 fully saturated rings. The average Bonchev–Trinajstić information content (AvgIpc) is 2.87. The fourth-order valence-corrected chi connectivity index (χ4v) is 1.90. The van der Waals surface area contributed by atoms with Gasteiger partial charge in [0, 0.05) is 34.7 Å². The first-order chi connectivity index (χ1) is 9.95. The molecule has 2 N–H and O–H groups in total. The van der Waals surface area contributed by atoms with Crippen LogP contribution < -0.4 is 5.73 Å². The monoisotopic (exact) mass is 305 g/mol. The lowest BCUT2D eigenvalue weighted by Crippen LogP contribution is -2.08. The zero-order chi connectivity index (χ0) is 15.4. The molecule has 0 saturated heterocycles. The van der Waals surface area contributed by atoms with E-state index in [4.69, 9.17) is 22.1 Å². The number of anilines is 1. The summed E-state index contributed by atoms with van der Waals surface area (Å²) < 4.78 is 6.65. The summed E-state index contributed by atoms with van der Waals surface area (Å²) in [7, 11) is 0. The first-order valence-corrected chi connectivity index (χ1v) is 6.81. The van der Waals surface area contributed by atoms with Gasteiger partial charge in [0.25, 0.3) is 0 Å². The van der Waals surface area contributed by atoms with Crippen LogP contribution in [0.4, 0.5) is 5.69 Å². The highest BCUT2D eigenvalue weighted by atomic mass is 35.5. The van der Waals surface area contributed by atoms with Crippen LogP contribution in [0.1, 0.15) is 13.8 Å². The highest BCUT2D eigenvalue weighted by Crippen LogP contribution is 2.27. The molecule has 6 heteroatoms. The normalized spacial score (nSPS) is 11.2. The second-order valence-electron chi connectivity index (χ2n) is 4.74. The van der Waals surface area contributed by atoms with Gasteiger partial charge in [-0.2, -0.15) is 0 Å². The zero-order valence-electron chi connectivity index (χ0n) is 11.8. The van der Waals surface area contributed by atoms with Crippen LogP contribution >= 0.6 is 11.6 Å². The Bertz CT molecular complexity index is 677. The van der Waals surface area contributed by atoms with Crippen LogP contribution in [-0.2, 0) is 9.53 Å². The third kappa shape index (κ3) is 4.10. The van der Waals surface area contributed by atoms with Crippen molar-refractivity contribution in [2.45, 2.75) is 20.0 Å². The molecule has 1 heterocycles. The molecule has 0 unspecified atom stereocenters. The van der Waals surface area contributed by atoms with Gasteiger partial charge in [0.2, 0.25) is 0 Å². The van der Waals surface area contributed by atoms with Crippen LogP contribution in [0.25, 0.3) is 17.5 Å². The molecule has 0 atom stereocenters. The van der Waals surface area contributed by atoms with E-state index < -0.39 is 5.97 Å². The van der Waals surface area contributed by atoms with Crippen molar-refractivity contribution in [2.75, 3.05) is 5.73 Å². The fraction of sp³-hybridized carbons (Fsp3) is 0.200. The van der Waals surface area contributed by atoms with Crippen molar-refractivity contribution in [3.05, 3.63) is 41.8 Å². The van der Waals surface area contributed by atoms with Crippen LogP contribution in [0.2, 0.25) is 5.02 Å². The van der Waals surface area contributed by atoms with E-state index in [-0.39, 0.29) is 6.10 Å². The maximum Gasteiger partial charge on any atom is 0.332 e. The van der Waals surface area contributed by atoms with Crippen LogP contribution in [0.3, 0.4) is 0 Å². The fourth-order valence-electron chi connectivity index (χ4n) is 1.73. The summed E-state index contributed by atoms with van der Waals surface area (Å²) in [5, 5.41) is 0.588. The van der Waals surface area contributed by atoms with E-state index in [2.05, 4.69) is 4.98 Å². The number of rotatable bonds is 4. The molecule has 0 amide bonds. The van der Waals surface area contributed by atoms with Gasteiger partial charge < -0.3 is 15.0 Å². The van der Waals surface area contributed by atoms with E-state index >= 15 is 0 Å². The largest absolute Gasteiger partial charge is 0.460 e. The van der Waals surface area contributed by atoms with Gasteiger partial charge in [0.1, 0.15) is 0 Å². The minimum atomic E-state index is -0.400. The number of benzene rings is 1. The number of hydrogen-bond acceptors (Lipinski definition) is 4. The van der Waals surface area contributed by atoms with E-state index in [1.165, 1.54) is 6.08 Å². The number of carbonyl (C=O) groups excluding carboxylic acids is 1. The molecular weight excluding hydrogens is 290 g/mol. The molecule has 110 valence electrons. The summed E-state index contributed by atoms with van der Waals surface area (Å²) in [6, 6.07) is 5.20. The van der Waals surface area contributed by atoms with Crippen molar-refractivity contribution in [2.24, 2.45) is 0 Å². The van der Waals surface area contributed by atoms with E-state index in [9.17, 15) is 4.79 Å². The molecule has 1 aromatic carbocycles. The Hall–Kier alpha value is -2.27. The Kier molecular flexibility index (Phi) is 4.65. The summed E-state index contributed by atoms with van der Waals surface area (Å²) in [4.78, 5) is 15.7. The molecular formula is C15H16ClN3O2. The first kappa shape index (κ1) is 15.1. The van der Waals surface area contributed by atoms with Gasteiger partial charge in [-0.1, -0.05) is 11.6 Å². The van der Waals surface area contributed by atoms with Gasteiger partial charge in [0.05, 0.1) is 18.1 Å². The van der Waals surface area contributed by atoms with Gasteiger partial charge in [0.15, 0.2) is 0 Å². The summed E-state index contributed by atoms with van der Waals surface area (Å²) in [6.45, 7) is 3.59. The number of nitrogens with two attached hydrogens (primary N) is 1. The quantitative estimate of drug-likeness (QED) is 0.535. The maximum atomic E-state index is 11.4. The number of esters is 1. The summed E-state index contributed by atoms with van der Waals surface area (Å²) >= 11 is 5.96. The highest BCUT2D eigenvalue weighted by Gasteiger charge is 2.07. The number of carbonyl (C=O) groups is 1. The Morgan fingerprint density at radius 2 is 2.24 bits per heavy atom. The Labute approximate surface area is 128 Å². The number of hydrogen-bond donors (Lipinski definition) is 1. The number of ether oxygens (including phenoxy) is 1. The van der Waals surface area contributed by atoms with Crippen molar-refractivity contribution in [3.8, 4) is 11.3 Å². The van der Waals surface area contributed by atoms with Crippen molar-refractivity contribution >= 4 is 29.5 Å². The third-order valence-electron chi connectivity index (χ3n) is 2.63. The van der Waals surface area contributed by atoms with E-state index in [0.29, 0.717) is 16.4 Å². The lowest BCUT2D eigenvalue weighted by atomic mass is 10.1. The lowest BCUT2D eigenvalue weighted by Gasteiger charge is -2.03. The molecule has 2 aromatic rings. The second kappa shape index (κ2) is 6.45. The number of nitrogen functional groups attached to an aromatic ring is 1. The molecule has 2 rings (SSSR count). The molecule has 1 aromatic heterocycles. The molecule has 0 aliphatic heterocycles. The first-order valence-electron chi connectivity index (χ1n) is 6.43. The third-order valence-corrected chi connectivity index (χ3v) is 2.86. The molecule has 21 heavy (non-hydrogen) atoms. The molecule has 0 spiro atoms.